The van der Waals surface area contributed by atoms with Gasteiger partial charge in [0, 0.05) is 30.7 Å². The number of aryl methyl sites for hydroxylation is 2. The van der Waals surface area contributed by atoms with Crippen LogP contribution in [0.5, 0.6) is 17.2 Å². The number of hydrogen-bond acceptors (Lipinski definition) is 6. The molecule has 4 unspecified atom stereocenters. The Balaban J connectivity index is 1.16. The number of phenolic OH excluding ortho intramolecular Hbond substituents is 1. The second-order valence-electron chi connectivity index (χ2n) is 14.6. The standard InChI is InChI=1S/C47H48O6/c1-31-14-21-40-35-18-22-42-41(44(50)29-43(31)47(40)42)13-8-24-52-39(28-38(49)19-15-33-16-23-45(51-2)46(25-33)53-30-35)27-36-26-37(48)20-17-34(36)12-7-6-11-32-9-4-3-5-10-32/h3-5,9-10,14,16-18,20-23,25-26,29,31,34,36,39,48,50H,6-7,11-13,15,19,27-28,30H2,1-2H3. The van der Waals surface area contributed by atoms with E-state index in [0.717, 1.165) is 64.3 Å². The predicted molar refractivity (Wildman–Crippen MR) is 210 cm³/mol. The molecule has 2 aliphatic carbocycles. The highest BCUT2D eigenvalue weighted by Crippen LogP contribution is 2.42. The fourth-order valence-corrected chi connectivity index (χ4v) is 8.06. The van der Waals surface area contributed by atoms with Gasteiger partial charge in [-0.2, -0.15) is 0 Å². The van der Waals surface area contributed by atoms with Crippen molar-refractivity contribution in [2.24, 2.45) is 11.8 Å². The minimum Gasteiger partial charge on any atom is -0.508 e. The summed E-state index contributed by atoms with van der Waals surface area (Å²) in [5.74, 6) is 5.34. The van der Waals surface area contributed by atoms with Gasteiger partial charge in [0.15, 0.2) is 11.5 Å². The molecule has 4 atom stereocenters. The van der Waals surface area contributed by atoms with E-state index in [9.17, 15) is 15.0 Å². The lowest BCUT2D eigenvalue weighted by Crippen LogP contribution is -2.24. The summed E-state index contributed by atoms with van der Waals surface area (Å²) in [5.41, 5.74) is 6.25. The Morgan fingerprint density at radius 3 is 2.66 bits per heavy atom. The predicted octanol–water partition coefficient (Wildman–Crippen LogP) is 10.1. The van der Waals surface area contributed by atoms with Gasteiger partial charge in [-0.05, 0) is 113 Å². The summed E-state index contributed by atoms with van der Waals surface area (Å²) in [5, 5.41) is 23.9. The Morgan fingerprint density at radius 2 is 1.81 bits per heavy atom. The van der Waals surface area contributed by atoms with Crippen molar-refractivity contribution in [1.82, 2.24) is 0 Å². The molecule has 0 saturated heterocycles. The number of Topliss-reactive ketones (excluding diaryl/α,β-unsaturated/α-hetero) is 1. The molecule has 4 aliphatic rings. The van der Waals surface area contributed by atoms with Crippen LogP contribution in [0.1, 0.15) is 84.7 Å². The number of rotatable bonds is 8. The lowest BCUT2D eigenvalue weighted by molar-refractivity contribution is -0.121. The zero-order valence-electron chi connectivity index (χ0n) is 30.6. The van der Waals surface area contributed by atoms with Gasteiger partial charge in [0.2, 0.25) is 0 Å². The van der Waals surface area contributed by atoms with Crippen molar-refractivity contribution in [3.63, 3.8) is 0 Å². The number of ether oxygens (including phenoxy) is 3. The first kappa shape index (κ1) is 36.0. The third-order valence-electron chi connectivity index (χ3n) is 11.0. The number of methoxy groups -OCH3 is 1. The van der Waals surface area contributed by atoms with E-state index in [0.29, 0.717) is 37.4 Å². The number of phenols is 1. The first-order valence-electron chi connectivity index (χ1n) is 18.9. The molecule has 4 aromatic carbocycles. The number of fused-ring (bicyclic) bond motifs is 9. The summed E-state index contributed by atoms with van der Waals surface area (Å²) in [6.07, 6.45) is 18.7. The van der Waals surface area contributed by atoms with E-state index in [4.69, 9.17) is 14.2 Å². The van der Waals surface area contributed by atoms with Gasteiger partial charge in [0.1, 0.15) is 36.1 Å². The molecule has 2 N–H and O–H groups in total. The number of aliphatic hydroxyl groups is 1. The van der Waals surface area contributed by atoms with E-state index >= 15 is 0 Å². The summed E-state index contributed by atoms with van der Waals surface area (Å²) in [4.78, 5) is 13.6. The minimum atomic E-state index is -0.460. The van der Waals surface area contributed by atoms with Crippen LogP contribution in [0.3, 0.4) is 0 Å². The van der Waals surface area contributed by atoms with E-state index < -0.39 is 6.10 Å². The topological polar surface area (TPSA) is 85.2 Å². The van der Waals surface area contributed by atoms with E-state index in [1.807, 2.05) is 36.4 Å². The van der Waals surface area contributed by atoms with Gasteiger partial charge in [-0.1, -0.05) is 86.0 Å². The molecule has 0 amide bonds. The first-order chi connectivity index (χ1) is 25.9. The maximum Gasteiger partial charge on any atom is 0.161 e. The molecule has 0 saturated carbocycles. The molecule has 2 aliphatic heterocycles. The molecule has 2 heterocycles. The van der Waals surface area contributed by atoms with Gasteiger partial charge >= 0.3 is 0 Å². The molecule has 8 rings (SSSR count). The summed E-state index contributed by atoms with van der Waals surface area (Å²) in [6, 6.07) is 22.4. The van der Waals surface area contributed by atoms with Gasteiger partial charge in [0.25, 0.3) is 0 Å². The normalized spacial score (nSPS) is 21.1. The van der Waals surface area contributed by atoms with Crippen LogP contribution >= 0.6 is 0 Å². The van der Waals surface area contributed by atoms with E-state index in [1.54, 1.807) is 13.2 Å². The molecule has 0 aromatic heterocycles. The van der Waals surface area contributed by atoms with Crippen LogP contribution in [0.15, 0.2) is 96.8 Å². The van der Waals surface area contributed by atoms with Crippen LogP contribution < -0.4 is 9.47 Å². The summed E-state index contributed by atoms with van der Waals surface area (Å²) >= 11 is 0. The number of carbonyl (C=O) groups is 1. The van der Waals surface area contributed by atoms with Crippen molar-refractivity contribution in [2.45, 2.75) is 83.3 Å². The minimum absolute atomic E-state index is 0.00738. The monoisotopic (exact) mass is 708 g/mol. The number of benzene rings is 4. The average Bonchev–Trinajstić information content (AvgIpc) is 3.16. The molecule has 6 heteroatoms. The molecule has 53 heavy (non-hydrogen) atoms. The highest BCUT2D eigenvalue weighted by molar-refractivity contribution is 6.00. The van der Waals surface area contributed by atoms with E-state index in [-0.39, 0.29) is 47.9 Å². The van der Waals surface area contributed by atoms with Crippen LogP contribution in [-0.4, -0.2) is 29.2 Å². The number of carbonyl (C=O) groups excluding carboxylic acids is 1. The molecule has 6 nitrogen and oxygen atoms in total. The number of aromatic hydroxyl groups is 1. The van der Waals surface area contributed by atoms with Crippen LogP contribution in [0.2, 0.25) is 0 Å². The smallest absolute Gasteiger partial charge is 0.161 e. The molecular formula is C47H48O6. The molecular weight excluding hydrogens is 661 g/mol. The van der Waals surface area contributed by atoms with Gasteiger partial charge in [-0.3, -0.25) is 4.79 Å². The summed E-state index contributed by atoms with van der Waals surface area (Å²) < 4.78 is 18.3. The molecule has 0 radical (unpaired) electrons. The second-order valence-corrected chi connectivity index (χ2v) is 14.6. The zero-order chi connectivity index (χ0) is 36.7. The van der Waals surface area contributed by atoms with Crippen LogP contribution in [0, 0.1) is 23.9 Å². The Bertz CT molecular complexity index is 2110. The highest BCUT2D eigenvalue weighted by atomic mass is 16.5. The largest absolute Gasteiger partial charge is 0.508 e. The van der Waals surface area contributed by atoms with E-state index in [2.05, 4.69) is 73.6 Å². The Morgan fingerprint density at radius 1 is 0.943 bits per heavy atom. The highest BCUT2D eigenvalue weighted by Gasteiger charge is 2.27. The van der Waals surface area contributed by atoms with Crippen LogP contribution in [0.4, 0.5) is 0 Å². The Kier molecular flexibility index (Phi) is 11.2. The van der Waals surface area contributed by atoms with Gasteiger partial charge in [0.05, 0.1) is 7.11 Å². The van der Waals surface area contributed by atoms with Crippen molar-refractivity contribution in [3.05, 3.63) is 130 Å². The fourth-order valence-electron chi connectivity index (χ4n) is 8.06. The third kappa shape index (κ3) is 8.47. The molecule has 272 valence electrons. The lowest BCUT2D eigenvalue weighted by atomic mass is 9.80. The number of unbranched alkanes of at least 4 members (excludes halogenated alkanes) is 1. The van der Waals surface area contributed by atoms with Gasteiger partial charge in [-0.25, -0.2) is 0 Å². The van der Waals surface area contributed by atoms with Gasteiger partial charge in [-0.15, -0.1) is 0 Å². The number of allylic oxidation sites excluding steroid dienone is 4. The first-order valence-corrected chi connectivity index (χ1v) is 18.9. The van der Waals surface area contributed by atoms with E-state index in [1.165, 1.54) is 5.56 Å². The molecule has 0 spiro atoms. The number of ketones is 1. The second kappa shape index (κ2) is 16.5. The fraction of sp³-hybridized carbons (Fsp3) is 0.340. The molecule has 6 bridgehead atoms. The summed E-state index contributed by atoms with van der Waals surface area (Å²) in [7, 11) is 1.63. The maximum atomic E-state index is 13.6. The van der Waals surface area contributed by atoms with Crippen molar-refractivity contribution >= 4 is 22.6 Å². The van der Waals surface area contributed by atoms with Crippen LogP contribution in [-0.2, 0) is 35.4 Å². The number of aliphatic hydroxyl groups excluding tert-OH is 1. The molecule has 0 fully saturated rings. The third-order valence-corrected chi connectivity index (χ3v) is 11.0. The zero-order valence-corrected chi connectivity index (χ0v) is 30.6. The van der Waals surface area contributed by atoms with Crippen molar-refractivity contribution in [2.75, 3.05) is 7.11 Å². The Labute approximate surface area is 312 Å². The van der Waals surface area contributed by atoms with Crippen LogP contribution in [0.25, 0.3) is 16.8 Å². The average molecular weight is 709 g/mol. The Hall–Kier alpha value is -5.41. The SMILES string of the molecule is COc1ccc2cc1OCc1ccc3c(c(O)cc4c3c1C=CC4C)CC#COC(CC1C=C(O)C=CC1CCCCc1ccccc1)CC(=O)CC2. The maximum absolute atomic E-state index is 13.6. The van der Waals surface area contributed by atoms with Gasteiger partial charge < -0.3 is 24.4 Å². The molecule has 4 aromatic rings. The quantitative estimate of drug-likeness (QED) is 0.140. The van der Waals surface area contributed by atoms with Crippen molar-refractivity contribution < 1.29 is 29.2 Å². The van der Waals surface area contributed by atoms with Crippen molar-refractivity contribution in [1.29, 1.82) is 0 Å². The summed E-state index contributed by atoms with van der Waals surface area (Å²) in [6.45, 7) is 2.47. The van der Waals surface area contributed by atoms with Crippen molar-refractivity contribution in [3.8, 4) is 29.3 Å². The number of hydrogen-bond donors (Lipinski definition) is 2. The lowest BCUT2D eigenvalue weighted by Gasteiger charge is -2.28.